The molecule has 0 aromatic heterocycles. The molecule has 0 radical (unpaired) electrons. The van der Waals surface area contributed by atoms with Gasteiger partial charge in [0.25, 0.3) is 0 Å². The summed E-state index contributed by atoms with van der Waals surface area (Å²) in [7, 11) is 3.74. The summed E-state index contributed by atoms with van der Waals surface area (Å²) >= 11 is 0. The van der Waals surface area contributed by atoms with Gasteiger partial charge >= 0.3 is 18.3 Å². The molecular formula is C12H21N3O9. The van der Waals surface area contributed by atoms with E-state index in [1.165, 1.54) is 21.1 Å². The molecule has 3 amide bonds. The van der Waals surface area contributed by atoms with E-state index in [9.17, 15) is 29.7 Å². The SMILES string of the molecule is CNC(=O)O[C@H]1[C@H](OC(=O)NC)[C@H](O)[C@H](O)[C@@H](O)[C@@H]1OC(=O)NC. The Morgan fingerprint density at radius 1 is 0.625 bits per heavy atom. The fourth-order valence-electron chi connectivity index (χ4n) is 2.12. The van der Waals surface area contributed by atoms with Crippen LogP contribution in [0, 0.1) is 0 Å². The Morgan fingerprint density at radius 2 is 0.917 bits per heavy atom. The molecule has 1 aliphatic rings. The maximum absolute atomic E-state index is 11.5. The first-order chi connectivity index (χ1) is 11.3. The minimum absolute atomic E-state index is 0.994. The number of hydrogen-bond acceptors (Lipinski definition) is 9. The van der Waals surface area contributed by atoms with Crippen LogP contribution < -0.4 is 16.0 Å². The second-order valence-corrected chi connectivity index (χ2v) is 4.83. The highest BCUT2D eigenvalue weighted by Crippen LogP contribution is 2.28. The van der Waals surface area contributed by atoms with E-state index in [0.717, 1.165) is 0 Å². The molecule has 12 heteroatoms. The minimum atomic E-state index is -1.82. The predicted octanol–water partition coefficient (Wildman–Crippen LogP) is -2.74. The summed E-state index contributed by atoms with van der Waals surface area (Å²) < 4.78 is 14.7. The van der Waals surface area contributed by atoms with Crippen molar-refractivity contribution in [1.82, 2.24) is 16.0 Å². The van der Waals surface area contributed by atoms with Gasteiger partial charge in [-0.3, -0.25) is 0 Å². The lowest BCUT2D eigenvalue weighted by Crippen LogP contribution is -2.67. The second-order valence-electron chi connectivity index (χ2n) is 4.83. The number of rotatable bonds is 3. The van der Waals surface area contributed by atoms with E-state index >= 15 is 0 Å². The van der Waals surface area contributed by atoms with Gasteiger partial charge < -0.3 is 45.5 Å². The van der Waals surface area contributed by atoms with Crippen LogP contribution >= 0.6 is 0 Å². The van der Waals surface area contributed by atoms with E-state index < -0.39 is 54.9 Å². The van der Waals surface area contributed by atoms with E-state index in [-0.39, 0.29) is 0 Å². The lowest BCUT2D eigenvalue weighted by Gasteiger charge is -2.43. The summed E-state index contributed by atoms with van der Waals surface area (Å²) in [4.78, 5) is 34.4. The van der Waals surface area contributed by atoms with Crippen molar-refractivity contribution in [1.29, 1.82) is 0 Å². The smallest absolute Gasteiger partial charge is 0.407 e. The highest BCUT2D eigenvalue weighted by molar-refractivity contribution is 5.69. The molecule has 6 atom stereocenters. The van der Waals surface area contributed by atoms with Gasteiger partial charge in [-0.05, 0) is 0 Å². The first-order valence-corrected chi connectivity index (χ1v) is 6.96. The monoisotopic (exact) mass is 351 g/mol. The fourth-order valence-corrected chi connectivity index (χ4v) is 2.12. The average molecular weight is 351 g/mol. The average Bonchev–Trinajstić information content (AvgIpc) is 2.58. The van der Waals surface area contributed by atoms with Crippen LogP contribution in [0.25, 0.3) is 0 Å². The van der Waals surface area contributed by atoms with Crippen molar-refractivity contribution in [2.75, 3.05) is 21.1 Å². The largest absolute Gasteiger partial charge is 0.439 e. The second kappa shape index (κ2) is 8.52. The molecule has 0 bridgehead atoms. The number of aliphatic hydroxyl groups is 3. The fraction of sp³-hybridized carbons (Fsp3) is 0.750. The molecule has 1 saturated carbocycles. The van der Waals surface area contributed by atoms with Gasteiger partial charge in [-0.25, -0.2) is 14.4 Å². The Labute approximate surface area is 137 Å². The number of amides is 3. The molecule has 24 heavy (non-hydrogen) atoms. The predicted molar refractivity (Wildman–Crippen MR) is 76.0 cm³/mol. The van der Waals surface area contributed by atoms with Gasteiger partial charge in [0.05, 0.1) is 0 Å². The van der Waals surface area contributed by atoms with E-state index in [4.69, 9.17) is 14.2 Å². The van der Waals surface area contributed by atoms with Gasteiger partial charge in [0.2, 0.25) is 0 Å². The highest BCUT2D eigenvalue weighted by Gasteiger charge is 2.55. The zero-order chi connectivity index (χ0) is 18.4. The topological polar surface area (TPSA) is 176 Å². The quantitative estimate of drug-likeness (QED) is 0.294. The van der Waals surface area contributed by atoms with Gasteiger partial charge in [0.1, 0.15) is 18.3 Å². The maximum Gasteiger partial charge on any atom is 0.407 e. The third-order valence-electron chi connectivity index (χ3n) is 3.36. The van der Waals surface area contributed by atoms with Crippen LogP contribution in [0.2, 0.25) is 0 Å². The first-order valence-electron chi connectivity index (χ1n) is 6.96. The number of nitrogens with one attached hydrogen (secondary N) is 3. The molecular weight excluding hydrogens is 330 g/mol. The van der Waals surface area contributed by atoms with Crippen molar-refractivity contribution in [3.05, 3.63) is 0 Å². The van der Waals surface area contributed by atoms with Gasteiger partial charge in [-0.2, -0.15) is 0 Å². The van der Waals surface area contributed by atoms with Gasteiger partial charge in [0, 0.05) is 21.1 Å². The van der Waals surface area contributed by atoms with Gasteiger partial charge in [-0.15, -0.1) is 0 Å². The van der Waals surface area contributed by atoms with Crippen molar-refractivity contribution in [2.45, 2.75) is 36.6 Å². The molecule has 1 rings (SSSR count). The first kappa shape index (κ1) is 19.7. The van der Waals surface area contributed by atoms with E-state index in [1.54, 1.807) is 0 Å². The van der Waals surface area contributed by atoms with Crippen LogP contribution in [-0.2, 0) is 14.2 Å². The molecule has 138 valence electrons. The minimum Gasteiger partial charge on any atom is -0.439 e. The van der Waals surface area contributed by atoms with Gasteiger partial charge in [0.15, 0.2) is 18.3 Å². The third-order valence-corrected chi connectivity index (χ3v) is 3.36. The molecule has 0 saturated heterocycles. The van der Waals surface area contributed by atoms with Crippen LogP contribution in [0.3, 0.4) is 0 Å². The van der Waals surface area contributed by atoms with E-state index in [0.29, 0.717) is 0 Å². The van der Waals surface area contributed by atoms with E-state index in [2.05, 4.69) is 16.0 Å². The molecule has 0 aromatic carbocycles. The van der Waals surface area contributed by atoms with Crippen molar-refractivity contribution in [2.24, 2.45) is 0 Å². The molecule has 0 spiro atoms. The summed E-state index contributed by atoms with van der Waals surface area (Å²) in [6, 6.07) is 0. The van der Waals surface area contributed by atoms with Crippen LogP contribution in [-0.4, -0.2) is 91.4 Å². The summed E-state index contributed by atoms with van der Waals surface area (Å²) in [6.45, 7) is 0. The lowest BCUT2D eigenvalue weighted by molar-refractivity contribution is -0.221. The Balaban J connectivity index is 3.16. The van der Waals surface area contributed by atoms with Crippen LogP contribution in [0.1, 0.15) is 0 Å². The molecule has 12 nitrogen and oxygen atoms in total. The van der Waals surface area contributed by atoms with Crippen molar-refractivity contribution in [3.8, 4) is 0 Å². The molecule has 6 N–H and O–H groups in total. The van der Waals surface area contributed by atoms with Crippen molar-refractivity contribution >= 4 is 18.3 Å². The molecule has 0 aromatic rings. The summed E-state index contributed by atoms with van der Waals surface area (Å²) in [5, 5.41) is 36.3. The standard InChI is InChI=1S/C12H21N3O9/c1-13-10(19)22-7-5(17)4(16)6(18)8(23-11(20)14-2)9(7)24-12(21)15-3/h4-9,16-18H,1-3H3,(H,13,19)(H,14,20)(H,15,21)/t4-,5-,6-,7+,8-,9-/m1/s1. The molecule has 1 aliphatic carbocycles. The van der Waals surface area contributed by atoms with Crippen LogP contribution in [0.4, 0.5) is 14.4 Å². The number of hydrogen-bond donors (Lipinski definition) is 6. The molecule has 0 aliphatic heterocycles. The van der Waals surface area contributed by atoms with Crippen molar-refractivity contribution in [3.63, 3.8) is 0 Å². The highest BCUT2D eigenvalue weighted by atomic mass is 16.6. The molecule has 0 unspecified atom stereocenters. The number of carbonyl (C=O) groups is 3. The number of ether oxygens (including phenoxy) is 3. The zero-order valence-corrected chi connectivity index (χ0v) is 13.3. The third kappa shape index (κ3) is 4.37. The maximum atomic E-state index is 11.5. The Hall–Kier alpha value is -2.31. The van der Waals surface area contributed by atoms with Gasteiger partial charge in [-0.1, -0.05) is 0 Å². The van der Waals surface area contributed by atoms with Crippen LogP contribution in [0.5, 0.6) is 0 Å². The molecule has 1 fully saturated rings. The number of alkyl carbamates (subject to hydrolysis) is 3. The lowest BCUT2D eigenvalue weighted by atomic mass is 9.84. The number of aliphatic hydroxyl groups excluding tert-OH is 3. The Kier molecular flexibility index (Phi) is 7.00. The molecule has 0 heterocycles. The number of carbonyl (C=O) groups excluding carboxylic acids is 3. The zero-order valence-electron chi connectivity index (χ0n) is 13.3. The Bertz CT molecular complexity index is 443. The summed E-state index contributed by atoms with van der Waals surface area (Å²) in [6.07, 6.45) is -13.2. The normalized spacial score (nSPS) is 32.2. The Morgan fingerprint density at radius 3 is 1.21 bits per heavy atom. The summed E-state index contributed by atoms with van der Waals surface area (Å²) in [5.41, 5.74) is 0. The van der Waals surface area contributed by atoms with Crippen molar-refractivity contribution < 1.29 is 43.9 Å². The van der Waals surface area contributed by atoms with Crippen LogP contribution in [0.15, 0.2) is 0 Å². The summed E-state index contributed by atoms with van der Waals surface area (Å²) in [5.74, 6) is 0. The van der Waals surface area contributed by atoms with E-state index in [1.807, 2.05) is 0 Å².